The van der Waals surface area contributed by atoms with Crippen molar-refractivity contribution in [1.82, 2.24) is 4.98 Å². The van der Waals surface area contributed by atoms with E-state index in [2.05, 4.69) is 0 Å². The number of ether oxygens (including phenoxy) is 3. The number of benzene rings is 3. The number of anilines is 1. The number of carbonyl (C=O) groups excluding carboxylic acids is 2. The van der Waals surface area contributed by atoms with Gasteiger partial charge in [0.2, 0.25) is 0 Å². The molecule has 3 aromatic carbocycles. The highest BCUT2D eigenvalue weighted by molar-refractivity contribution is 7.22. The van der Waals surface area contributed by atoms with Crippen molar-refractivity contribution in [3.05, 3.63) is 83.4 Å². The lowest BCUT2D eigenvalue weighted by Gasteiger charge is -2.21. The molecule has 0 aliphatic heterocycles. The largest absolute Gasteiger partial charge is 0.495 e. The Labute approximate surface area is 195 Å². The second-order valence-corrected chi connectivity index (χ2v) is 8.04. The van der Waals surface area contributed by atoms with Crippen LogP contribution in [-0.2, 0) is 11.3 Å². The van der Waals surface area contributed by atoms with Crippen molar-refractivity contribution in [1.29, 1.82) is 0 Å². The van der Waals surface area contributed by atoms with E-state index in [0.717, 1.165) is 10.3 Å². The van der Waals surface area contributed by atoms with Crippen molar-refractivity contribution in [2.24, 2.45) is 0 Å². The Morgan fingerprint density at radius 3 is 2.15 bits per heavy atom. The summed E-state index contributed by atoms with van der Waals surface area (Å²) in [5, 5.41) is 0.460. The second kappa shape index (κ2) is 9.70. The molecule has 0 spiro atoms. The van der Waals surface area contributed by atoms with Gasteiger partial charge in [0, 0.05) is 0 Å². The molecule has 0 radical (unpaired) electrons. The maximum atomic E-state index is 13.8. The van der Waals surface area contributed by atoms with Crippen molar-refractivity contribution in [2.45, 2.75) is 6.54 Å². The van der Waals surface area contributed by atoms with Gasteiger partial charge in [-0.2, -0.15) is 0 Å². The maximum absolute atomic E-state index is 13.8. The number of carbonyl (C=O) groups is 2. The molecule has 1 heterocycles. The van der Waals surface area contributed by atoms with Crippen LogP contribution in [0.1, 0.15) is 26.3 Å². The first-order valence-electron chi connectivity index (χ1n) is 10.1. The third kappa shape index (κ3) is 4.38. The molecule has 1 amide bonds. The molecule has 0 atom stereocenters. The van der Waals surface area contributed by atoms with Crippen LogP contribution in [0.3, 0.4) is 0 Å². The van der Waals surface area contributed by atoms with Crippen LogP contribution in [0.25, 0.3) is 10.2 Å². The van der Waals surface area contributed by atoms with Crippen LogP contribution in [0.4, 0.5) is 5.13 Å². The van der Waals surface area contributed by atoms with E-state index in [9.17, 15) is 9.59 Å². The third-order valence-electron chi connectivity index (χ3n) is 5.12. The summed E-state index contributed by atoms with van der Waals surface area (Å²) in [5.74, 6) is 0.273. The minimum atomic E-state index is -0.578. The normalized spacial score (nSPS) is 10.6. The van der Waals surface area contributed by atoms with Gasteiger partial charge < -0.3 is 14.2 Å². The lowest BCUT2D eigenvalue weighted by Crippen LogP contribution is -2.31. The molecule has 168 valence electrons. The van der Waals surface area contributed by atoms with Crippen molar-refractivity contribution in [2.75, 3.05) is 26.2 Å². The predicted octanol–water partition coefficient (Wildman–Crippen LogP) is 4.95. The quantitative estimate of drug-likeness (QED) is 0.362. The van der Waals surface area contributed by atoms with Gasteiger partial charge in [0.1, 0.15) is 21.7 Å². The molecule has 0 bridgehead atoms. The van der Waals surface area contributed by atoms with E-state index >= 15 is 0 Å². The minimum absolute atomic E-state index is 0.194. The SMILES string of the molecule is COC(=O)c1ccccc1C(=O)N(Cc1ccccc1)c1nc2c(OC)ccc(OC)c2s1. The molecular weight excluding hydrogens is 440 g/mol. The van der Waals surface area contributed by atoms with Gasteiger partial charge in [0.25, 0.3) is 5.91 Å². The number of methoxy groups -OCH3 is 3. The average Bonchev–Trinajstić information content (AvgIpc) is 3.31. The van der Waals surface area contributed by atoms with E-state index in [1.165, 1.54) is 18.4 Å². The summed E-state index contributed by atoms with van der Waals surface area (Å²) in [4.78, 5) is 32.4. The molecule has 0 fully saturated rings. The van der Waals surface area contributed by atoms with E-state index in [1.54, 1.807) is 55.5 Å². The highest BCUT2D eigenvalue weighted by atomic mass is 32.1. The molecule has 33 heavy (non-hydrogen) atoms. The van der Waals surface area contributed by atoms with E-state index in [4.69, 9.17) is 19.2 Å². The zero-order valence-corrected chi connectivity index (χ0v) is 19.2. The summed E-state index contributed by atoms with van der Waals surface area (Å²) in [6.45, 7) is 0.264. The first kappa shape index (κ1) is 22.3. The van der Waals surface area contributed by atoms with Gasteiger partial charge in [-0.05, 0) is 29.8 Å². The molecule has 4 aromatic rings. The van der Waals surface area contributed by atoms with Crippen molar-refractivity contribution in [3.63, 3.8) is 0 Å². The number of thiazole rings is 1. The summed E-state index contributed by atoms with van der Waals surface area (Å²) in [7, 11) is 4.44. The predicted molar refractivity (Wildman–Crippen MR) is 127 cm³/mol. The topological polar surface area (TPSA) is 78.0 Å². The van der Waals surface area contributed by atoms with Crippen molar-refractivity contribution in [3.8, 4) is 11.5 Å². The lowest BCUT2D eigenvalue weighted by molar-refractivity contribution is 0.0597. The Bertz CT molecular complexity index is 1260. The number of esters is 1. The fourth-order valence-electron chi connectivity index (χ4n) is 3.49. The molecule has 0 aliphatic carbocycles. The highest BCUT2D eigenvalue weighted by Gasteiger charge is 2.27. The van der Waals surface area contributed by atoms with E-state index < -0.39 is 5.97 Å². The number of nitrogens with zero attached hydrogens (tertiary/aromatic N) is 2. The van der Waals surface area contributed by atoms with Crippen LogP contribution in [0, 0.1) is 0 Å². The monoisotopic (exact) mass is 462 g/mol. The molecular formula is C25H22N2O5S. The molecule has 0 aliphatic rings. The van der Waals surface area contributed by atoms with E-state index in [0.29, 0.717) is 22.1 Å². The van der Waals surface area contributed by atoms with Gasteiger partial charge in [-0.3, -0.25) is 9.69 Å². The summed E-state index contributed by atoms with van der Waals surface area (Å²) in [5.41, 5.74) is 1.95. The molecule has 4 rings (SSSR count). The first-order valence-corrected chi connectivity index (χ1v) is 10.9. The summed E-state index contributed by atoms with van der Waals surface area (Å²) >= 11 is 1.32. The lowest BCUT2D eigenvalue weighted by atomic mass is 10.1. The number of amides is 1. The Hall–Kier alpha value is -3.91. The van der Waals surface area contributed by atoms with Crippen LogP contribution in [0.2, 0.25) is 0 Å². The van der Waals surface area contributed by atoms with Gasteiger partial charge in [-0.1, -0.05) is 53.8 Å². The number of rotatable bonds is 7. The number of hydrogen-bond donors (Lipinski definition) is 0. The third-order valence-corrected chi connectivity index (χ3v) is 6.21. The second-order valence-electron chi connectivity index (χ2n) is 7.06. The Morgan fingerprint density at radius 2 is 1.48 bits per heavy atom. The minimum Gasteiger partial charge on any atom is -0.495 e. The van der Waals surface area contributed by atoms with Crippen LogP contribution in [0.15, 0.2) is 66.7 Å². The first-order chi connectivity index (χ1) is 16.1. The smallest absolute Gasteiger partial charge is 0.338 e. The van der Waals surface area contributed by atoms with E-state index in [1.807, 2.05) is 30.3 Å². The molecule has 8 heteroatoms. The van der Waals surface area contributed by atoms with Gasteiger partial charge >= 0.3 is 5.97 Å². The molecule has 7 nitrogen and oxygen atoms in total. The zero-order valence-electron chi connectivity index (χ0n) is 18.4. The number of fused-ring (bicyclic) bond motifs is 1. The van der Waals surface area contributed by atoms with Crippen LogP contribution in [0.5, 0.6) is 11.5 Å². The van der Waals surface area contributed by atoms with Gasteiger partial charge in [-0.25, -0.2) is 9.78 Å². The Balaban J connectivity index is 1.87. The van der Waals surface area contributed by atoms with Gasteiger partial charge in [0.15, 0.2) is 5.13 Å². The Kier molecular flexibility index (Phi) is 6.55. The molecule has 0 unspecified atom stereocenters. The fraction of sp³-hybridized carbons (Fsp3) is 0.160. The molecule has 0 saturated heterocycles. The zero-order chi connectivity index (χ0) is 23.4. The average molecular weight is 463 g/mol. The number of aromatic nitrogens is 1. The Morgan fingerprint density at radius 1 is 0.848 bits per heavy atom. The summed E-state index contributed by atoms with van der Waals surface area (Å²) in [6.07, 6.45) is 0. The highest BCUT2D eigenvalue weighted by Crippen LogP contribution is 2.40. The van der Waals surface area contributed by atoms with Crippen LogP contribution in [-0.4, -0.2) is 38.2 Å². The van der Waals surface area contributed by atoms with E-state index in [-0.39, 0.29) is 23.6 Å². The van der Waals surface area contributed by atoms with Crippen molar-refractivity contribution < 1.29 is 23.8 Å². The maximum Gasteiger partial charge on any atom is 0.338 e. The van der Waals surface area contributed by atoms with Crippen LogP contribution >= 0.6 is 11.3 Å². The van der Waals surface area contributed by atoms with Gasteiger partial charge in [0.05, 0.1) is 39.0 Å². The van der Waals surface area contributed by atoms with Crippen LogP contribution < -0.4 is 14.4 Å². The summed E-state index contributed by atoms with van der Waals surface area (Å²) in [6, 6.07) is 19.8. The molecule has 0 saturated carbocycles. The fourth-order valence-corrected chi connectivity index (χ4v) is 4.56. The van der Waals surface area contributed by atoms with Crippen molar-refractivity contribution >= 4 is 38.6 Å². The molecule has 1 aromatic heterocycles. The molecule has 0 N–H and O–H groups in total. The standard InChI is InChI=1S/C25H22N2O5S/c1-30-19-13-14-20(31-2)22-21(19)26-25(33-22)27(15-16-9-5-4-6-10-16)23(28)17-11-7-8-12-18(17)24(29)32-3/h4-14H,15H2,1-3H3. The van der Waals surface area contributed by atoms with Gasteiger partial charge in [-0.15, -0.1) is 0 Å². The number of hydrogen-bond acceptors (Lipinski definition) is 7. The summed E-state index contributed by atoms with van der Waals surface area (Å²) < 4.78 is 16.6.